The van der Waals surface area contributed by atoms with Crippen LogP contribution < -0.4 is 0 Å². The zero-order valence-electron chi connectivity index (χ0n) is 8.79. The van der Waals surface area contributed by atoms with E-state index in [1.807, 2.05) is 6.07 Å². The number of halogens is 2. The van der Waals surface area contributed by atoms with Gasteiger partial charge in [-0.1, -0.05) is 68.3 Å². The van der Waals surface area contributed by atoms with Crippen LogP contribution in [-0.2, 0) is 11.8 Å². The molecule has 0 unspecified atom stereocenters. The van der Waals surface area contributed by atoms with Crippen LogP contribution in [0, 0.1) is 0 Å². The van der Waals surface area contributed by atoms with Crippen molar-refractivity contribution in [3.05, 3.63) is 69.7 Å². The van der Waals surface area contributed by atoms with Crippen LogP contribution in [0.5, 0.6) is 0 Å². The molecular weight excluding hydrogens is 328 g/mol. The summed E-state index contributed by atoms with van der Waals surface area (Å²) in [5.41, 5.74) is 4.00. The van der Waals surface area contributed by atoms with E-state index in [-0.39, 0.29) is 0 Å². The highest BCUT2D eigenvalue weighted by molar-refractivity contribution is 9.10. The van der Waals surface area contributed by atoms with Gasteiger partial charge in [-0.05, 0) is 35.2 Å². The summed E-state index contributed by atoms with van der Waals surface area (Å²) < 4.78 is 1.15. The fourth-order valence-electron chi connectivity index (χ4n) is 1.73. The fraction of sp³-hybridized carbons (Fsp3) is 0.143. The molecule has 2 heteroatoms. The first-order chi connectivity index (χ1) is 7.78. The summed E-state index contributed by atoms with van der Waals surface area (Å²) in [5.74, 6) is 0. The molecule has 0 fully saturated rings. The predicted octanol–water partition coefficient (Wildman–Crippen LogP) is 4.93. The summed E-state index contributed by atoms with van der Waals surface area (Å²) in [4.78, 5) is 0. The van der Waals surface area contributed by atoms with Crippen molar-refractivity contribution in [3.8, 4) is 0 Å². The molecule has 0 atom stereocenters. The summed E-state index contributed by atoms with van der Waals surface area (Å²) in [6, 6.07) is 17.1. The van der Waals surface area contributed by atoms with Crippen molar-refractivity contribution < 1.29 is 0 Å². The molecule has 82 valence electrons. The van der Waals surface area contributed by atoms with Crippen LogP contribution in [0.25, 0.3) is 0 Å². The maximum atomic E-state index is 3.55. The average Bonchev–Trinajstić information content (AvgIpc) is 2.29. The largest absolute Gasteiger partial charge is 0.0876 e. The van der Waals surface area contributed by atoms with E-state index in [1.54, 1.807) is 0 Å². The third-order valence-electron chi connectivity index (χ3n) is 2.42. The molecule has 0 N–H and O–H groups in total. The van der Waals surface area contributed by atoms with E-state index in [9.17, 15) is 0 Å². The first kappa shape index (κ1) is 11.9. The van der Waals surface area contributed by atoms with Crippen LogP contribution in [0.3, 0.4) is 0 Å². The standard InChI is InChI=1S/C14H12Br2/c15-10-13-7-12(8-14(16)9-13)6-11-4-2-1-3-5-11/h1-5,7-9H,6,10H2. The molecule has 0 radical (unpaired) electrons. The van der Waals surface area contributed by atoms with Gasteiger partial charge < -0.3 is 0 Å². The number of hydrogen-bond donors (Lipinski definition) is 0. The van der Waals surface area contributed by atoms with Crippen LogP contribution >= 0.6 is 31.9 Å². The molecule has 0 spiro atoms. The molecule has 0 nitrogen and oxygen atoms in total. The van der Waals surface area contributed by atoms with Gasteiger partial charge in [-0.2, -0.15) is 0 Å². The van der Waals surface area contributed by atoms with Gasteiger partial charge in [-0.3, -0.25) is 0 Å². The van der Waals surface area contributed by atoms with Crippen LogP contribution in [0.2, 0.25) is 0 Å². The van der Waals surface area contributed by atoms with Crippen molar-refractivity contribution in [2.75, 3.05) is 0 Å². The van der Waals surface area contributed by atoms with Crippen LogP contribution in [0.1, 0.15) is 16.7 Å². The highest BCUT2D eigenvalue weighted by Crippen LogP contribution is 2.20. The molecule has 0 aromatic heterocycles. The lowest BCUT2D eigenvalue weighted by Crippen LogP contribution is -1.90. The van der Waals surface area contributed by atoms with Crippen LogP contribution in [-0.4, -0.2) is 0 Å². The fourth-order valence-corrected chi connectivity index (χ4v) is 2.64. The molecule has 0 heterocycles. The van der Waals surface area contributed by atoms with Gasteiger partial charge in [0.1, 0.15) is 0 Å². The third-order valence-corrected chi connectivity index (χ3v) is 3.53. The Morgan fingerprint density at radius 1 is 0.812 bits per heavy atom. The minimum atomic E-state index is 0.897. The lowest BCUT2D eigenvalue weighted by Gasteiger charge is -2.05. The molecule has 2 rings (SSSR count). The normalized spacial score (nSPS) is 10.4. The van der Waals surface area contributed by atoms with E-state index in [1.165, 1.54) is 16.7 Å². The first-order valence-corrected chi connectivity index (χ1v) is 7.07. The zero-order valence-corrected chi connectivity index (χ0v) is 12.0. The van der Waals surface area contributed by atoms with E-state index in [0.29, 0.717) is 0 Å². The van der Waals surface area contributed by atoms with Gasteiger partial charge in [0, 0.05) is 9.80 Å². The summed E-state index contributed by atoms with van der Waals surface area (Å²) in [7, 11) is 0. The minimum absolute atomic E-state index is 0.897. The Morgan fingerprint density at radius 3 is 2.19 bits per heavy atom. The zero-order chi connectivity index (χ0) is 11.4. The van der Waals surface area contributed by atoms with Crippen LogP contribution in [0.4, 0.5) is 0 Å². The summed E-state index contributed by atoms with van der Waals surface area (Å²) in [6.45, 7) is 0. The quantitative estimate of drug-likeness (QED) is 0.695. The monoisotopic (exact) mass is 338 g/mol. The average molecular weight is 340 g/mol. The maximum absolute atomic E-state index is 3.55. The highest BCUT2D eigenvalue weighted by atomic mass is 79.9. The molecule has 0 aliphatic heterocycles. The van der Waals surface area contributed by atoms with E-state index >= 15 is 0 Å². The molecule has 0 bridgehead atoms. The predicted molar refractivity (Wildman–Crippen MR) is 76.0 cm³/mol. The molecule has 0 aliphatic rings. The second-order valence-electron chi connectivity index (χ2n) is 3.76. The van der Waals surface area contributed by atoms with Gasteiger partial charge in [-0.25, -0.2) is 0 Å². The lowest BCUT2D eigenvalue weighted by atomic mass is 10.0. The second-order valence-corrected chi connectivity index (χ2v) is 5.24. The number of rotatable bonds is 3. The van der Waals surface area contributed by atoms with Crippen molar-refractivity contribution in [3.63, 3.8) is 0 Å². The first-order valence-electron chi connectivity index (χ1n) is 5.16. The van der Waals surface area contributed by atoms with Gasteiger partial charge >= 0.3 is 0 Å². The molecule has 0 saturated carbocycles. The molecule has 0 aliphatic carbocycles. The molecular formula is C14H12Br2. The van der Waals surface area contributed by atoms with E-state index < -0.39 is 0 Å². The number of alkyl halides is 1. The van der Waals surface area contributed by atoms with E-state index in [0.717, 1.165) is 16.2 Å². The van der Waals surface area contributed by atoms with E-state index in [4.69, 9.17) is 0 Å². The summed E-state index contributed by atoms with van der Waals surface area (Å²) in [6.07, 6.45) is 0.986. The lowest BCUT2D eigenvalue weighted by molar-refractivity contribution is 1.17. The topological polar surface area (TPSA) is 0 Å². The van der Waals surface area contributed by atoms with Crippen molar-refractivity contribution in [1.29, 1.82) is 0 Å². The van der Waals surface area contributed by atoms with Crippen molar-refractivity contribution in [2.45, 2.75) is 11.8 Å². The Kier molecular flexibility index (Phi) is 4.19. The van der Waals surface area contributed by atoms with Gasteiger partial charge in [-0.15, -0.1) is 0 Å². The summed E-state index contributed by atoms with van der Waals surface area (Å²) in [5, 5.41) is 0.897. The Bertz CT molecular complexity index is 463. The van der Waals surface area contributed by atoms with Gasteiger partial charge in [0.15, 0.2) is 0 Å². The number of hydrogen-bond acceptors (Lipinski definition) is 0. The highest BCUT2D eigenvalue weighted by Gasteiger charge is 2.00. The Balaban J connectivity index is 2.24. The smallest absolute Gasteiger partial charge is 0.0283 e. The van der Waals surface area contributed by atoms with Crippen molar-refractivity contribution in [1.82, 2.24) is 0 Å². The van der Waals surface area contributed by atoms with E-state index in [2.05, 4.69) is 74.3 Å². The molecule has 16 heavy (non-hydrogen) atoms. The van der Waals surface area contributed by atoms with Gasteiger partial charge in [0.2, 0.25) is 0 Å². The molecule has 0 saturated heterocycles. The SMILES string of the molecule is BrCc1cc(Br)cc(Cc2ccccc2)c1. The number of benzene rings is 2. The molecule has 2 aromatic carbocycles. The molecule has 2 aromatic rings. The van der Waals surface area contributed by atoms with Crippen LogP contribution in [0.15, 0.2) is 53.0 Å². The van der Waals surface area contributed by atoms with Crippen molar-refractivity contribution in [2.24, 2.45) is 0 Å². The Labute approximate surface area is 113 Å². The van der Waals surface area contributed by atoms with Gasteiger partial charge in [0.05, 0.1) is 0 Å². The molecule has 0 amide bonds. The summed E-state index contributed by atoms with van der Waals surface area (Å²) >= 11 is 7.04. The Morgan fingerprint density at radius 2 is 1.50 bits per heavy atom. The third kappa shape index (κ3) is 3.19. The Hall–Kier alpha value is -0.600. The second kappa shape index (κ2) is 5.65. The van der Waals surface area contributed by atoms with Crippen molar-refractivity contribution >= 4 is 31.9 Å². The van der Waals surface area contributed by atoms with Gasteiger partial charge in [0.25, 0.3) is 0 Å². The maximum Gasteiger partial charge on any atom is 0.0283 e. The minimum Gasteiger partial charge on any atom is -0.0876 e.